The zero-order chi connectivity index (χ0) is 26.7. The number of ether oxygens (including phenoxy) is 1. The maximum Gasteiger partial charge on any atom is 0.303 e. The predicted octanol–water partition coefficient (Wildman–Crippen LogP) is 3.55. The Bertz CT molecular complexity index is 1450. The van der Waals surface area contributed by atoms with E-state index in [-0.39, 0.29) is 28.6 Å². The van der Waals surface area contributed by atoms with Crippen molar-refractivity contribution in [2.75, 3.05) is 19.7 Å². The summed E-state index contributed by atoms with van der Waals surface area (Å²) in [6.07, 6.45) is 5.46. The highest BCUT2D eigenvalue weighted by atomic mass is 32.2. The highest BCUT2D eigenvalue weighted by Crippen LogP contribution is 2.33. The molecule has 3 aromatic rings. The van der Waals surface area contributed by atoms with E-state index in [1.165, 1.54) is 16.4 Å². The number of nitrogens with one attached hydrogen (secondary N) is 1. The van der Waals surface area contributed by atoms with Crippen molar-refractivity contribution < 1.29 is 23.1 Å². The molecular formula is C26H34N4O6S. The van der Waals surface area contributed by atoms with Crippen LogP contribution in [-0.2, 0) is 28.3 Å². The number of hydrogen-bond acceptors (Lipinski definition) is 6. The van der Waals surface area contributed by atoms with Crippen LogP contribution in [0.4, 0.5) is 0 Å². The summed E-state index contributed by atoms with van der Waals surface area (Å²) in [5.74, 6) is 0.0555. The van der Waals surface area contributed by atoms with Gasteiger partial charge >= 0.3 is 5.97 Å². The third kappa shape index (κ3) is 5.57. The van der Waals surface area contributed by atoms with Crippen LogP contribution in [0.2, 0.25) is 0 Å². The molecule has 0 unspecified atom stereocenters. The van der Waals surface area contributed by atoms with Crippen molar-refractivity contribution >= 4 is 27.0 Å². The Hall–Kier alpha value is -3.18. The van der Waals surface area contributed by atoms with E-state index < -0.39 is 16.0 Å². The van der Waals surface area contributed by atoms with Gasteiger partial charge in [0.2, 0.25) is 10.0 Å². The lowest BCUT2D eigenvalue weighted by atomic mass is 9.93. The Morgan fingerprint density at radius 3 is 2.62 bits per heavy atom. The molecule has 0 spiro atoms. The van der Waals surface area contributed by atoms with E-state index in [2.05, 4.69) is 11.9 Å². The Kier molecular flexibility index (Phi) is 8.03. The van der Waals surface area contributed by atoms with Gasteiger partial charge in [-0.15, -0.1) is 0 Å². The predicted molar refractivity (Wildman–Crippen MR) is 140 cm³/mol. The first kappa shape index (κ1) is 26.9. The first-order valence-electron chi connectivity index (χ1n) is 12.7. The van der Waals surface area contributed by atoms with E-state index in [0.717, 1.165) is 18.4 Å². The number of aromatic amines is 1. The number of aryl methyl sites for hydroxylation is 2. The molecule has 3 heterocycles. The third-order valence-electron chi connectivity index (χ3n) is 6.90. The van der Waals surface area contributed by atoms with Gasteiger partial charge in [0.15, 0.2) is 0 Å². The Balaban J connectivity index is 1.70. The zero-order valence-electron chi connectivity index (χ0n) is 21.5. The lowest BCUT2D eigenvalue weighted by Gasteiger charge is -2.31. The van der Waals surface area contributed by atoms with Crippen LogP contribution in [0, 0.1) is 5.92 Å². The molecule has 11 heteroatoms. The summed E-state index contributed by atoms with van der Waals surface area (Å²) in [5.41, 5.74) is 2.13. The zero-order valence-corrected chi connectivity index (χ0v) is 22.3. The van der Waals surface area contributed by atoms with Crippen LogP contribution in [0.1, 0.15) is 51.5 Å². The molecular weight excluding hydrogens is 496 g/mol. The fourth-order valence-corrected chi connectivity index (χ4v) is 6.50. The number of aliphatic carboxylic acids is 1. The quantitative estimate of drug-likeness (QED) is 0.409. The summed E-state index contributed by atoms with van der Waals surface area (Å²) in [4.78, 5) is 31.6. The molecule has 1 fully saturated rings. The number of rotatable bonds is 10. The lowest BCUT2D eigenvalue weighted by molar-refractivity contribution is -0.137. The second-order valence-corrected chi connectivity index (χ2v) is 11.4. The highest BCUT2D eigenvalue weighted by Gasteiger charge is 2.30. The molecule has 1 aromatic carbocycles. The maximum absolute atomic E-state index is 13.5. The molecule has 1 saturated heterocycles. The van der Waals surface area contributed by atoms with Crippen LogP contribution < -0.4 is 10.3 Å². The number of carboxylic acids is 1. The highest BCUT2D eigenvalue weighted by molar-refractivity contribution is 7.89. The van der Waals surface area contributed by atoms with Gasteiger partial charge in [0.1, 0.15) is 17.1 Å². The number of carbonyl (C=O) groups is 1. The molecule has 0 atom stereocenters. The molecule has 2 N–H and O–H groups in total. The van der Waals surface area contributed by atoms with Crippen molar-refractivity contribution in [1.82, 2.24) is 18.8 Å². The second-order valence-electron chi connectivity index (χ2n) is 9.50. The molecule has 2 aromatic heterocycles. The number of fused-ring (bicyclic) bond motifs is 1. The van der Waals surface area contributed by atoms with Crippen molar-refractivity contribution in [2.45, 2.75) is 57.3 Å². The summed E-state index contributed by atoms with van der Waals surface area (Å²) in [5, 5.41) is 8.93. The van der Waals surface area contributed by atoms with E-state index in [0.29, 0.717) is 61.3 Å². The molecule has 0 aliphatic carbocycles. The normalized spacial score (nSPS) is 15.3. The molecule has 37 heavy (non-hydrogen) atoms. The van der Waals surface area contributed by atoms with E-state index in [4.69, 9.17) is 14.8 Å². The van der Waals surface area contributed by atoms with Gasteiger partial charge < -0.3 is 19.4 Å². The Labute approximate surface area is 216 Å². The van der Waals surface area contributed by atoms with E-state index in [1.54, 1.807) is 10.6 Å². The second kappa shape index (κ2) is 11.1. The number of hydrogen-bond donors (Lipinski definition) is 2. The van der Waals surface area contributed by atoms with Crippen molar-refractivity contribution in [2.24, 2.45) is 13.0 Å². The number of carboxylic acid groups (broad SMARTS) is 1. The monoisotopic (exact) mass is 530 g/mol. The minimum absolute atomic E-state index is 0.0938. The van der Waals surface area contributed by atoms with Crippen molar-refractivity contribution in [3.8, 4) is 17.1 Å². The average molecular weight is 531 g/mol. The lowest BCUT2D eigenvalue weighted by Crippen LogP contribution is -2.38. The topological polar surface area (TPSA) is 135 Å². The standard InChI is InChI=1S/C26H34N4O6S/c1-4-6-18-16-29(3)24-23(18)27-25(28-26(24)33)20-15-19(8-9-21(20)36-5-2)37(34,35)30-13-11-17(12-14-30)7-10-22(31)32/h8-9,15-17H,4-7,10-14H2,1-3H3,(H,31,32)(H,27,28,33). The SMILES string of the molecule is CCCc1cn(C)c2c(=O)[nH]c(-c3cc(S(=O)(=O)N4CCC(CCC(=O)O)CC4)ccc3OCC)nc12. The van der Waals surface area contributed by atoms with Gasteiger partial charge in [-0.2, -0.15) is 4.31 Å². The summed E-state index contributed by atoms with van der Waals surface area (Å²) in [7, 11) is -2.00. The largest absolute Gasteiger partial charge is 0.493 e. The Morgan fingerprint density at radius 2 is 1.97 bits per heavy atom. The molecule has 0 bridgehead atoms. The fraction of sp³-hybridized carbons (Fsp3) is 0.500. The van der Waals surface area contributed by atoms with Crippen molar-refractivity contribution in [1.29, 1.82) is 0 Å². The number of sulfonamides is 1. The van der Waals surface area contributed by atoms with Gasteiger partial charge in [0.05, 0.1) is 22.6 Å². The third-order valence-corrected chi connectivity index (χ3v) is 8.80. The molecule has 4 rings (SSSR count). The van der Waals surface area contributed by atoms with Crippen LogP contribution in [0.5, 0.6) is 5.75 Å². The number of aromatic nitrogens is 3. The summed E-state index contributed by atoms with van der Waals surface area (Å²) < 4.78 is 36.0. The van der Waals surface area contributed by atoms with Crippen LogP contribution in [0.25, 0.3) is 22.4 Å². The number of piperidine rings is 1. The molecule has 10 nitrogen and oxygen atoms in total. The van der Waals surface area contributed by atoms with Crippen molar-refractivity contribution in [3.63, 3.8) is 0 Å². The van der Waals surface area contributed by atoms with Crippen LogP contribution >= 0.6 is 0 Å². The minimum Gasteiger partial charge on any atom is -0.493 e. The van der Waals surface area contributed by atoms with Crippen LogP contribution in [-0.4, -0.2) is 58.0 Å². The minimum atomic E-state index is -3.81. The first-order valence-corrected chi connectivity index (χ1v) is 14.2. The number of benzene rings is 1. The number of nitrogens with zero attached hydrogens (tertiary/aromatic N) is 3. The molecule has 0 amide bonds. The van der Waals surface area contributed by atoms with Gasteiger partial charge in [-0.05, 0) is 62.3 Å². The fourth-order valence-electron chi connectivity index (χ4n) is 5.01. The molecule has 1 aliphatic heterocycles. The summed E-state index contributed by atoms with van der Waals surface area (Å²) >= 11 is 0. The van der Waals surface area contributed by atoms with E-state index >= 15 is 0 Å². The average Bonchev–Trinajstić information content (AvgIpc) is 3.19. The summed E-state index contributed by atoms with van der Waals surface area (Å²) in [6.45, 7) is 4.92. The van der Waals surface area contributed by atoms with Gasteiger partial charge in [0, 0.05) is 32.8 Å². The van der Waals surface area contributed by atoms with Gasteiger partial charge in [-0.25, -0.2) is 13.4 Å². The Morgan fingerprint density at radius 1 is 1.24 bits per heavy atom. The maximum atomic E-state index is 13.5. The molecule has 1 aliphatic rings. The molecule has 0 radical (unpaired) electrons. The van der Waals surface area contributed by atoms with E-state index in [9.17, 15) is 18.0 Å². The molecule has 200 valence electrons. The van der Waals surface area contributed by atoms with Gasteiger partial charge in [-0.1, -0.05) is 13.3 Å². The van der Waals surface area contributed by atoms with Crippen LogP contribution in [0.15, 0.2) is 34.1 Å². The van der Waals surface area contributed by atoms with E-state index in [1.807, 2.05) is 20.2 Å². The smallest absolute Gasteiger partial charge is 0.303 e. The molecule has 0 saturated carbocycles. The van der Waals surface area contributed by atoms with Gasteiger partial charge in [-0.3, -0.25) is 9.59 Å². The first-order chi connectivity index (χ1) is 17.6. The van der Waals surface area contributed by atoms with Crippen molar-refractivity contribution in [3.05, 3.63) is 40.3 Å². The van der Waals surface area contributed by atoms with Crippen LogP contribution in [0.3, 0.4) is 0 Å². The summed E-state index contributed by atoms with van der Waals surface area (Å²) in [6, 6.07) is 4.64. The van der Waals surface area contributed by atoms with Gasteiger partial charge in [0.25, 0.3) is 5.56 Å². The number of H-pyrrole nitrogens is 1.